The van der Waals surface area contributed by atoms with Crippen molar-refractivity contribution in [2.45, 2.75) is 16.4 Å². The van der Waals surface area contributed by atoms with Gasteiger partial charge in [0, 0.05) is 6.26 Å². The molecule has 0 radical (unpaired) electrons. The van der Waals surface area contributed by atoms with E-state index < -0.39 is 43.6 Å². The van der Waals surface area contributed by atoms with Crippen LogP contribution in [0.25, 0.3) is 0 Å². The highest BCUT2D eigenvalue weighted by Crippen LogP contribution is 2.49. The summed E-state index contributed by atoms with van der Waals surface area (Å²) in [6.45, 7) is 0. The molecule has 1 atom stereocenters. The van der Waals surface area contributed by atoms with Crippen LogP contribution in [-0.4, -0.2) is 39.9 Å². The molecule has 0 aromatic carbocycles. The molecule has 98 valence electrons. The molecule has 0 bridgehead atoms. The molecule has 0 aliphatic carbocycles. The van der Waals surface area contributed by atoms with Crippen LogP contribution in [0.4, 0.5) is 26.3 Å². The van der Waals surface area contributed by atoms with E-state index in [1.165, 1.54) is 0 Å². The van der Waals surface area contributed by atoms with Crippen LogP contribution in [-0.2, 0) is 20.9 Å². The van der Waals surface area contributed by atoms with Gasteiger partial charge in [0.2, 0.25) is 20.9 Å². The molecular weight excluding hydrogens is 290 g/mol. The number of halogens is 6. The molecule has 12 heteroatoms. The second-order valence-corrected chi connectivity index (χ2v) is 5.70. The van der Waals surface area contributed by atoms with Gasteiger partial charge in [0.25, 0.3) is 0 Å². The monoisotopic (exact) mass is 294 g/mol. The predicted molar refractivity (Wildman–Crippen MR) is 40.5 cm³/mol. The van der Waals surface area contributed by atoms with Gasteiger partial charge in [0.15, 0.2) is 0 Å². The van der Waals surface area contributed by atoms with E-state index in [0.29, 0.717) is 0 Å². The Kier molecular flexibility index (Phi) is 3.75. The number of alkyl halides is 6. The summed E-state index contributed by atoms with van der Waals surface area (Å²) in [6.07, 6.45) is -0.405. The Morgan fingerprint density at radius 1 is 1.06 bits per heavy atom. The molecule has 0 spiro atoms. The number of rotatable bonds is 4. The third-order valence-electron chi connectivity index (χ3n) is 1.42. The summed E-state index contributed by atoms with van der Waals surface area (Å²) in [6, 6.07) is 0. The van der Waals surface area contributed by atoms with Crippen molar-refractivity contribution in [3.8, 4) is 0 Å². The van der Waals surface area contributed by atoms with Crippen molar-refractivity contribution >= 4 is 20.9 Å². The fourth-order valence-electron chi connectivity index (χ4n) is 0.512. The molecule has 0 saturated carbocycles. The second-order valence-electron chi connectivity index (χ2n) is 2.63. The predicted octanol–water partition coefficient (Wildman–Crippen LogP) is 1.07. The Balaban J connectivity index is 5.82. The second kappa shape index (κ2) is 3.84. The maximum atomic E-state index is 12.5. The lowest BCUT2D eigenvalue weighted by Gasteiger charge is -2.29. The van der Waals surface area contributed by atoms with E-state index in [-0.39, 0.29) is 0 Å². The number of sulfone groups is 1. The molecule has 0 saturated heterocycles. The normalized spacial score (nSPS) is 17.2. The summed E-state index contributed by atoms with van der Waals surface area (Å²) in [7, 11) is -5.89. The quantitative estimate of drug-likeness (QED) is 0.622. The molecule has 4 nitrogen and oxygen atoms in total. The molecule has 1 N–H and O–H groups in total. The van der Waals surface area contributed by atoms with Crippen LogP contribution < -0.4 is 0 Å². The van der Waals surface area contributed by atoms with Crippen LogP contribution in [0, 0.1) is 0 Å². The fourth-order valence-corrected chi connectivity index (χ4v) is 1.52. The molecule has 0 aliphatic heterocycles. The van der Waals surface area contributed by atoms with Gasteiger partial charge in [-0.3, -0.25) is 0 Å². The highest BCUT2D eigenvalue weighted by Gasteiger charge is 2.78. The number of hydrogen-bond donors (Lipinski definition) is 1. The molecule has 0 fully saturated rings. The standard InChI is InChI=1S/C4H4F6O4S2/c1-16(13,14)4(9,10)2(5,6)3(7,8)15(11)12/h1H3,(H,11,12). The number of hydrogen-bond acceptors (Lipinski definition) is 3. The van der Waals surface area contributed by atoms with Gasteiger partial charge < -0.3 is 4.55 Å². The van der Waals surface area contributed by atoms with Crippen molar-refractivity contribution in [1.29, 1.82) is 0 Å². The van der Waals surface area contributed by atoms with Crippen molar-refractivity contribution in [2.75, 3.05) is 6.26 Å². The molecule has 0 aliphatic rings. The van der Waals surface area contributed by atoms with Gasteiger partial charge in [-0.1, -0.05) is 0 Å². The zero-order valence-electron chi connectivity index (χ0n) is 7.26. The Morgan fingerprint density at radius 2 is 1.38 bits per heavy atom. The average molecular weight is 294 g/mol. The maximum Gasteiger partial charge on any atom is 0.414 e. The molecule has 1 unspecified atom stereocenters. The van der Waals surface area contributed by atoms with Crippen LogP contribution >= 0.6 is 0 Å². The molecule has 0 heterocycles. The lowest BCUT2D eigenvalue weighted by atomic mass is 10.3. The fraction of sp³-hybridized carbons (Fsp3) is 1.00. The Labute approximate surface area is 87.8 Å². The third-order valence-corrected chi connectivity index (χ3v) is 3.30. The molecule has 0 rings (SSSR count). The largest absolute Gasteiger partial charge is 0.414 e. The van der Waals surface area contributed by atoms with E-state index in [1.54, 1.807) is 0 Å². The van der Waals surface area contributed by atoms with Gasteiger partial charge in [-0.15, -0.1) is 0 Å². The van der Waals surface area contributed by atoms with Crippen molar-refractivity contribution in [3.63, 3.8) is 0 Å². The van der Waals surface area contributed by atoms with E-state index in [2.05, 4.69) is 0 Å². The molecule has 0 aromatic rings. The zero-order valence-corrected chi connectivity index (χ0v) is 8.89. The van der Waals surface area contributed by atoms with E-state index in [0.717, 1.165) is 0 Å². The first-order valence-electron chi connectivity index (χ1n) is 3.13. The van der Waals surface area contributed by atoms with Gasteiger partial charge in [-0.05, 0) is 0 Å². The zero-order chi connectivity index (χ0) is 13.6. The Morgan fingerprint density at radius 3 is 1.56 bits per heavy atom. The topological polar surface area (TPSA) is 71.4 Å². The highest BCUT2D eigenvalue weighted by atomic mass is 32.2. The van der Waals surface area contributed by atoms with Gasteiger partial charge in [-0.2, -0.15) is 26.3 Å². The van der Waals surface area contributed by atoms with E-state index in [4.69, 9.17) is 4.55 Å². The van der Waals surface area contributed by atoms with Crippen LogP contribution in [0.1, 0.15) is 0 Å². The first kappa shape index (κ1) is 15.6. The van der Waals surface area contributed by atoms with E-state index in [1.807, 2.05) is 0 Å². The Hall–Kier alpha value is -0.360. The van der Waals surface area contributed by atoms with Crippen molar-refractivity contribution in [2.24, 2.45) is 0 Å². The van der Waals surface area contributed by atoms with Crippen LogP contribution in [0.5, 0.6) is 0 Å². The van der Waals surface area contributed by atoms with Crippen LogP contribution in [0.2, 0.25) is 0 Å². The molecule has 16 heavy (non-hydrogen) atoms. The lowest BCUT2D eigenvalue weighted by molar-refractivity contribution is -0.243. The van der Waals surface area contributed by atoms with E-state index >= 15 is 0 Å². The summed E-state index contributed by atoms with van der Waals surface area (Å²) < 4.78 is 113. The van der Waals surface area contributed by atoms with Crippen molar-refractivity contribution < 1.29 is 43.5 Å². The maximum absolute atomic E-state index is 12.5. The van der Waals surface area contributed by atoms with Crippen molar-refractivity contribution in [3.05, 3.63) is 0 Å². The molecular formula is C4H4F6O4S2. The van der Waals surface area contributed by atoms with Crippen molar-refractivity contribution in [1.82, 2.24) is 0 Å². The minimum absolute atomic E-state index is 0.405. The van der Waals surface area contributed by atoms with Gasteiger partial charge in [-0.25, -0.2) is 12.6 Å². The molecule has 0 aromatic heterocycles. The third kappa shape index (κ3) is 2.05. The van der Waals surface area contributed by atoms with Crippen LogP contribution in [0.15, 0.2) is 0 Å². The summed E-state index contributed by atoms with van der Waals surface area (Å²) >= 11 is -4.65. The summed E-state index contributed by atoms with van der Waals surface area (Å²) in [5.41, 5.74) is 0. The lowest BCUT2D eigenvalue weighted by Crippen LogP contribution is -2.58. The summed E-state index contributed by atoms with van der Waals surface area (Å²) in [5.74, 6) is -6.51. The van der Waals surface area contributed by atoms with E-state index in [9.17, 15) is 39.0 Å². The minimum Gasteiger partial charge on any atom is -0.301 e. The minimum atomic E-state index is -6.51. The highest BCUT2D eigenvalue weighted by molar-refractivity contribution is 7.91. The smallest absolute Gasteiger partial charge is 0.301 e. The first-order valence-corrected chi connectivity index (χ1v) is 6.13. The Bertz CT molecular complexity index is 401. The SMILES string of the molecule is CS(=O)(=O)C(F)(F)C(F)(F)C(F)(F)S(=O)O. The molecule has 0 amide bonds. The average Bonchev–Trinajstić information content (AvgIpc) is 2.00. The van der Waals surface area contributed by atoms with Gasteiger partial charge >= 0.3 is 16.4 Å². The summed E-state index contributed by atoms with van der Waals surface area (Å²) in [4.78, 5) is 0. The first-order chi connectivity index (χ1) is 6.69. The van der Waals surface area contributed by atoms with Gasteiger partial charge in [0.1, 0.15) is 0 Å². The van der Waals surface area contributed by atoms with Gasteiger partial charge in [0.05, 0.1) is 0 Å². The summed E-state index contributed by atoms with van der Waals surface area (Å²) in [5, 5.41) is -12.3. The van der Waals surface area contributed by atoms with Crippen LogP contribution in [0.3, 0.4) is 0 Å².